The van der Waals surface area contributed by atoms with Gasteiger partial charge in [0.15, 0.2) is 0 Å². The minimum absolute atomic E-state index is 0.572. The molecule has 0 bridgehead atoms. The van der Waals surface area contributed by atoms with Crippen molar-refractivity contribution in [2.45, 2.75) is 25.2 Å². The molecule has 1 aliphatic rings. The summed E-state index contributed by atoms with van der Waals surface area (Å²) in [5.41, 5.74) is 2.63. The standard InChI is InChI=1S/C17H21N3/c1-2-5-15(6-3-1)9-12-20-11-4-7-16(13-20)17-8-10-18-14-19-17/h1-3,5-6,8,10,14,16H,4,7,9,11-13H2/t16-/m1/s1. The molecule has 0 radical (unpaired) electrons. The molecule has 3 rings (SSSR count). The van der Waals surface area contributed by atoms with Gasteiger partial charge >= 0.3 is 0 Å². The molecule has 20 heavy (non-hydrogen) atoms. The molecule has 0 amide bonds. The van der Waals surface area contributed by atoms with Crippen LogP contribution in [-0.2, 0) is 6.42 Å². The smallest absolute Gasteiger partial charge is 0.115 e. The second-order valence-electron chi connectivity index (χ2n) is 5.51. The Hall–Kier alpha value is -1.74. The molecule has 0 saturated carbocycles. The Morgan fingerprint density at radius 1 is 1.15 bits per heavy atom. The fourth-order valence-corrected chi connectivity index (χ4v) is 2.97. The molecular weight excluding hydrogens is 246 g/mol. The predicted octanol–water partition coefficient (Wildman–Crippen LogP) is 2.90. The van der Waals surface area contributed by atoms with E-state index in [9.17, 15) is 0 Å². The van der Waals surface area contributed by atoms with Gasteiger partial charge in [-0.25, -0.2) is 9.97 Å². The molecule has 1 fully saturated rings. The third-order valence-corrected chi connectivity index (χ3v) is 4.09. The minimum atomic E-state index is 0.572. The normalized spacial score (nSPS) is 19.9. The topological polar surface area (TPSA) is 29.0 Å². The molecule has 0 spiro atoms. The van der Waals surface area contributed by atoms with E-state index in [1.165, 1.54) is 30.6 Å². The maximum absolute atomic E-state index is 4.42. The molecule has 0 unspecified atom stereocenters. The lowest BCUT2D eigenvalue weighted by Gasteiger charge is -2.32. The maximum atomic E-state index is 4.42. The number of likely N-dealkylation sites (tertiary alicyclic amines) is 1. The molecule has 1 aromatic carbocycles. The summed E-state index contributed by atoms with van der Waals surface area (Å²) in [6, 6.07) is 12.8. The van der Waals surface area contributed by atoms with Crippen LogP contribution in [0, 0.1) is 0 Å². The first-order chi connectivity index (χ1) is 9.92. The average Bonchev–Trinajstić information content (AvgIpc) is 2.55. The largest absolute Gasteiger partial charge is 0.302 e. The Balaban J connectivity index is 1.56. The van der Waals surface area contributed by atoms with Gasteiger partial charge in [-0.2, -0.15) is 0 Å². The Bertz CT molecular complexity index is 512. The summed E-state index contributed by atoms with van der Waals surface area (Å²) in [5.74, 6) is 0.572. The average molecular weight is 267 g/mol. The number of hydrogen-bond donors (Lipinski definition) is 0. The second kappa shape index (κ2) is 6.62. The second-order valence-corrected chi connectivity index (χ2v) is 5.51. The fraction of sp³-hybridized carbons (Fsp3) is 0.412. The lowest BCUT2D eigenvalue weighted by Crippen LogP contribution is -2.36. The van der Waals surface area contributed by atoms with Gasteiger partial charge in [-0.1, -0.05) is 30.3 Å². The van der Waals surface area contributed by atoms with Crippen LogP contribution in [-0.4, -0.2) is 34.5 Å². The molecule has 1 aromatic heterocycles. The van der Waals surface area contributed by atoms with Crippen molar-refractivity contribution in [3.63, 3.8) is 0 Å². The molecule has 3 heteroatoms. The van der Waals surface area contributed by atoms with Crippen LogP contribution in [0.5, 0.6) is 0 Å². The van der Waals surface area contributed by atoms with Crippen molar-refractivity contribution in [1.82, 2.24) is 14.9 Å². The van der Waals surface area contributed by atoms with Crippen molar-refractivity contribution in [2.75, 3.05) is 19.6 Å². The van der Waals surface area contributed by atoms with Crippen LogP contribution in [0.4, 0.5) is 0 Å². The van der Waals surface area contributed by atoms with E-state index in [0.717, 1.165) is 19.5 Å². The van der Waals surface area contributed by atoms with E-state index in [0.29, 0.717) is 5.92 Å². The number of hydrogen-bond acceptors (Lipinski definition) is 3. The van der Waals surface area contributed by atoms with Crippen molar-refractivity contribution in [2.24, 2.45) is 0 Å². The van der Waals surface area contributed by atoms with Crippen LogP contribution in [0.1, 0.15) is 30.0 Å². The van der Waals surface area contributed by atoms with Crippen LogP contribution >= 0.6 is 0 Å². The summed E-state index contributed by atoms with van der Waals surface area (Å²) >= 11 is 0. The molecule has 1 saturated heterocycles. The van der Waals surface area contributed by atoms with Gasteiger partial charge in [-0.05, 0) is 37.4 Å². The molecular formula is C17H21N3. The predicted molar refractivity (Wildman–Crippen MR) is 80.6 cm³/mol. The minimum Gasteiger partial charge on any atom is -0.302 e. The first kappa shape index (κ1) is 13.3. The van der Waals surface area contributed by atoms with Gasteiger partial charge in [0.25, 0.3) is 0 Å². The SMILES string of the molecule is c1ccc(CCN2CCC[C@@H](c3ccncn3)C2)cc1. The number of nitrogens with zero attached hydrogens (tertiary/aromatic N) is 3. The summed E-state index contributed by atoms with van der Waals surface area (Å²) in [7, 11) is 0. The van der Waals surface area contributed by atoms with Gasteiger partial charge in [0.05, 0.1) is 0 Å². The zero-order chi connectivity index (χ0) is 13.6. The number of piperidine rings is 1. The molecule has 1 atom stereocenters. The van der Waals surface area contributed by atoms with Gasteiger partial charge in [0, 0.05) is 30.9 Å². The van der Waals surface area contributed by atoms with Crippen molar-refractivity contribution in [3.8, 4) is 0 Å². The highest BCUT2D eigenvalue weighted by molar-refractivity contribution is 5.15. The molecule has 0 aliphatic carbocycles. The Morgan fingerprint density at radius 3 is 2.85 bits per heavy atom. The van der Waals surface area contributed by atoms with E-state index < -0.39 is 0 Å². The van der Waals surface area contributed by atoms with E-state index in [2.05, 4.69) is 51.3 Å². The van der Waals surface area contributed by atoms with Crippen LogP contribution in [0.2, 0.25) is 0 Å². The summed E-state index contributed by atoms with van der Waals surface area (Å²) in [6.45, 7) is 3.49. The number of benzene rings is 1. The van der Waals surface area contributed by atoms with Gasteiger partial charge in [0.1, 0.15) is 6.33 Å². The fourth-order valence-electron chi connectivity index (χ4n) is 2.97. The molecule has 2 heterocycles. The van der Waals surface area contributed by atoms with Gasteiger partial charge in [-0.15, -0.1) is 0 Å². The first-order valence-corrected chi connectivity index (χ1v) is 7.44. The highest BCUT2D eigenvalue weighted by Gasteiger charge is 2.21. The zero-order valence-corrected chi connectivity index (χ0v) is 11.8. The van der Waals surface area contributed by atoms with Gasteiger partial charge in [-0.3, -0.25) is 0 Å². The van der Waals surface area contributed by atoms with Gasteiger partial charge in [0.2, 0.25) is 0 Å². The molecule has 1 aliphatic heterocycles. The quantitative estimate of drug-likeness (QED) is 0.853. The number of aromatic nitrogens is 2. The zero-order valence-electron chi connectivity index (χ0n) is 11.8. The Kier molecular flexibility index (Phi) is 4.38. The molecule has 3 nitrogen and oxygen atoms in total. The lowest BCUT2D eigenvalue weighted by molar-refractivity contribution is 0.208. The first-order valence-electron chi connectivity index (χ1n) is 7.44. The lowest BCUT2D eigenvalue weighted by atomic mass is 9.94. The van der Waals surface area contributed by atoms with Crippen molar-refractivity contribution >= 4 is 0 Å². The highest BCUT2D eigenvalue weighted by Crippen LogP contribution is 2.25. The highest BCUT2D eigenvalue weighted by atomic mass is 15.1. The van der Waals surface area contributed by atoms with Crippen molar-refractivity contribution in [1.29, 1.82) is 0 Å². The van der Waals surface area contributed by atoms with Gasteiger partial charge < -0.3 is 4.90 Å². The summed E-state index contributed by atoms with van der Waals surface area (Å²) in [6.07, 6.45) is 7.17. The maximum Gasteiger partial charge on any atom is 0.115 e. The Labute approximate surface area is 120 Å². The Morgan fingerprint density at radius 2 is 2.05 bits per heavy atom. The van der Waals surface area contributed by atoms with Crippen LogP contribution < -0.4 is 0 Å². The summed E-state index contributed by atoms with van der Waals surface area (Å²) in [4.78, 5) is 11.0. The van der Waals surface area contributed by atoms with E-state index in [4.69, 9.17) is 0 Å². The third-order valence-electron chi connectivity index (χ3n) is 4.09. The van der Waals surface area contributed by atoms with Crippen LogP contribution in [0.3, 0.4) is 0 Å². The van der Waals surface area contributed by atoms with Crippen LogP contribution in [0.15, 0.2) is 48.9 Å². The van der Waals surface area contributed by atoms with Crippen molar-refractivity contribution in [3.05, 3.63) is 60.2 Å². The van der Waals surface area contributed by atoms with E-state index in [1.54, 1.807) is 6.33 Å². The molecule has 2 aromatic rings. The summed E-state index contributed by atoms with van der Waals surface area (Å²) in [5, 5.41) is 0. The molecule has 104 valence electrons. The van der Waals surface area contributed by atoms with E-state index in [1.807, 2.05) is 6.20 Å². The third kappa shape index (κ3) is 3.42. The van der Waals surface area contributed by atoms with E-state index in [-0.39, 0.29) is 0 Å². The monoisotopic (exact) mass is 267 g/mol. The van der Waals surface area contributed by atoms with E-state index >= 15 is 0 Å². The molecule has 0 N–H and O–H groups in total. The summed E-state index contributed by atoms with van der Waals surface area (Å²) < 4.78 is 0. The van der Waals surface area contributed by atoms with Crippen LogP contribution in [0.25, 0.3) is 0 Å². The van der Waals surface area contributed by atoms with Crippen molar-refractivity contribution < 1.29 is 0 Å². The number of rotatable bonds is 4.